The Kier molecular flexibility index (Phi) is 2.51. The topological polar surface area (TPSA) is 101 Å². The molecule has 2 aliphatic heterocycles. The van der Waals surface area contributed by atoms with Gasteiger partial charge >= 0.3 is 5.97 Å². The van der Waals surface area contributed by atoms with Gasteiger partial charge < -0.3 is 15.7 Å². The van der Waals surface area contributed by atoms with E-state index in [9.17, 15) is 14.4 Å². The number of hydrogen-bond acceptors (Lipinski definition) is 5. The zero-order valence-electron chi connectivity index (χ0n) is 8.41. The van der Waals surface area contributed by atoms with Crippen LogP contribution in [0.4, 0.5) is 0 Å². The van der Waals surface area contributed by atoms with Gasteiger partial charge in [0.2, 0.25) is 5.91 Å². The van der Waals surface area contributed by atoms with Crippen molar-refractivity contribution in [2.75, 3.05) is 0 Å². The molecule has 86 valence electrons. The first-order chi connectivity index (χ1) is 7.43. The maximum Gasteiger partial charge on any atom is 0.321 e. The molecule has 7 heteroatoms. The van der Waals surface area contributed by atoms with E-state index in [1.54, 1.807) is 0 Å². The summed E-state index contributed by atoms with van der Waals surface area (Å²) < 4.78 is 0. The number of β-lactam (4-membered cyclic amide) rings is 1. The first-order valence-corrected chi connectivity index (χ1v) is 5.56. The Morgan fingerprint density at radius 1 is 1.56 bits per heavy atom. The Morgan fingerprint density at radius 3 is 2.69 bits per heavy atom. The molecule has 0 radical (unpaired) electrons. The molecule has 1 amide bonds. The van der Waals surface area contributed by atoms with E-state index in [2.05, 4.69) is 0 Å². The van der Waals surface area contributed by atoms with Crippen LogP contribution in [0.25, 0.3) is 0 Å². The lowest BCUT2D eigenvalue weighted by atomic mass is 10.0. The monoisotopic (exact) mass is 242 g/mol. The van der Waals surface area contributed by atoms with Crippen LogP contribution in [0.1, 0.15) is 6.92 Å². The molecule has 2 heterocycles. The van der Waals surface area contributed by atoms with Gasteiger partial charge in [-0.1, -0.05) is 0 Å². The van der Waals surface area contributed by atoms with E-state index in [0.717, 1.165) is 11.8 Å². The third kappa shape index (κ3) is 1.43. The Morgan fingerprint density at radius 2 is 2.19 bits per heavy atom. The molecule has 1 fully saturated rings. The summed E-state index contributed by atoms with van der Waals surface area (Å²) in [5.41, 5.74) is 5.67. The van der Waals surface area contributed by atoms with E-state index < -0.39 is 17.3 Å². The van der Waals surface area contributed by atoms with Crippen molar-refractivity contribution < 1.29 is 19.5 Å². The van der Waals surface area contributed by atoms with Crippen LogP contribution < -0.4 is 5.73 Å². The summed E-state index contributed by atoms with van der Waals surface area (Å²) in [7, 11) is 0. The lowest BCUT2D eigenvalue weighted by Gasteiger charge is -2.46. The van der Waals surface area contributed by atoms with Gasteiger partial charge in [0.05, 0.1) is 0 Å². The van der Waals surface area contributed by atoms with Gasteiger partial charge in [-0.3, -0.25) is 14.4 Å². The number of hydrogen-bond donors (Lipinski definition) is 2. The minimum atomic E-state index is -1.09. The second-order valence-electron chi connectivity index (χ2n) is 3.66. The SMILES string of the molecule is CC(=O)C1=CN2C(=O)C(N)[C@H]2SC1C(=O)O. The molecule has 0 spiro atoms. The Labute approximate surface area is 95.5 Å². The number of nitrogens with two attached hydrogens (primary N) is 1. The summed E-state index contributed by atoms with van der Waals surface area (Å²) in [5.74, 6) is -1.70. The van der Waals surface area contributed by atoms with E-state index in [1.165, 1.54) is 18.0 Å². The third-order valence-corrected chi connectivity index (χ3v) is 4.11. The fourth-order valence-corrected chi connectivity index (χ4v) is 3.04. The molecule has 2 rings (SSSR count). The lowest BCUT2D eigenvalue weighted by Crippen LogP contribution is -2.67. The van der Waals surface area contributed by atoms with E-state index in [1.807, 2.05) is 0 Å². The van der Waals surface area contributed by atoms with E-state index >= 15 is 0 Å². The number of carbonyl (C=O) groups excluding carboxylic acids is 2. The molecule has 16 heavy (non-hydrogen) atoms. The molecule has 0 aromatic rings. The van der Waals surface area contributed by atoms with Crippen LogP contribution in [-0.4, -0.2) is 44.3 Å². The summed E-state index contributed by atoms with van der Waals surface area (Å²) >= 11 is 1.03. The van der Waals surface area contributed by atoms with Gasteiger partial charge in [0, 0.05) is 11.8 Å². The summed E-state index contributed by atoms with van der Waals surface area (Å²) in [5, 5.41) is 7.68. The largest absolute Gasteiger partial charge is 0.480 e. The zero-order chi connectivity index (χ0) is 12.0. The molecule has 6 nitrogen and oxygen atoms in total. The van der Waals surface area contributed by atoms with Crippen LogP contribution in [0, 0.1) is 0 Å². The third-order valence-electron chi connectivity index (χ3n) is 2.59. The predicted octanol–water partition coefficient (Wildman–Crippen LogP) is -0.845. The molecular weight excluding hydrogens is 232 g/mol. The van der Waals surface area contributed by atoms with Crippen molar-refractivity contribution in [3.8, 4) is 0 Å². The Bertz CT molecular complexity index is 420. The molecule has 0 bridgehead atoms. The molecule has 3 atom stereocenters. The summed E-state index contributed by atoms with van der Waals surface area (Å²) in [6, 6.07) is -0.670. The van der Waals surface area contributed by atoms with Crippen LogP contribution in [0.15, 0.2) is 11.8 Å². The summed E-state index contributed by atoms with van der Waals surface area (Å²) in [4.78, 5) is 34.9. The summed E-state index contributed by atoms with van der Waals surface area (Å²) in [6.07, 6.45) is 1.31. The standard InChI is InChI=1S/C9H10N2O4S/c1-3(12)4-2-11-7(13)5(10)8(11)16-6(4)9(14)15/h2,5-6,8H,10H2,1H3,(H,14,15)/t5?,6?,8-/m1/s1. The number of amides is 1. The number of thioether (sulfide) groups is 1. The van der Waals surface area contributed by atoms with Crippen LogP contribution >= 0.6 is 11.8 Å². The lowest BCUT2D eigenvalue weighted by molar-refractivity contribution is -0.141. The number of Topliss-reactive ketones (excluding diaryl/α,β-unsaturated/α-hetero) is 1. The smallest absolute Gasteiger partial charge is 0.321 e. The van der Waals surface area contributed by atoms with Gasteiger partial charge in [-0.25, -0.2) is 0 Å². The van der Waals surface area contributed by atoms with Crippen molar-refractivity contribution >= 4 is 29.4 Å². The number of carboxylic acids is 1. The minimum absolute atomic E-state index is 0.133. The van der Waals surface area contributed by atoms with E-state index in [-0.39, 0.29) is 22.6 Å². The fraction of sp³-hybridized carbons (Fsp3) is 0.444. The highest BCUT2D eigenvalue weighted by Gasteiger charge is 2.50. The number of carbonyl (C=O) groups is 3. The van der Waals surface area contributed by atoms with E-state index in [0.29, 0.717) is 0 Å². The fourth-order valence-electron chi connectivity index (χ4n) is 1.69. The number of nitrogens with zero attached hydrogens (tertiary/aromatic N) is 1. The molecule has 2 unspecified atom stereocenters. The van der Waals surface area contributed by atoms with Crippen molar-refractivity contribution in [2.45, 2.75) is 23.6 Å². The molecular formula is C9H10N2O4S. The highest BCUT2D eigenvalue weighted by molar-refractivity contribution is 8.01. The van der Waals surface area contributed by atoms with Gasteiger partial charge in [0.15, 0.2) is 5.78 Å². The van der Waals surface area contributed by atoms with Crippen molar-refractivity contribution in [3.63, 3.8) is 0 Å². The Balaban J connectivity index is 2.34. The van der Waals surface area contributed by atoms with Crippen molar-refractivity contribution in [1.29, 1.82) is 0 Å². The molecule has 0 aromatic carbocycles. The average molecular weight is 242 g/mol. The number of carboxylic acid groups (broad SMARTS) is 1. The molecule has 2 aliphatic rings. The predicted molar refractivity (Wildman–Crippen MR) is 56.4 cm³/mol. The Hall–Kier alpha value is -1.34. The van der Waals surface area contributed by atoms with Crippen molar-refractivity contribution in [1.82, 2.24) is 4.90 Å². The zero-order valence-corrected chi connectivity index (χ0v) is 9.23. The minimum Gasteiger partial charge on any atom is -0.480 e. The van der Waals surface area contributed by atoms with Crippen LogP contribution in [0.2, 0.25) is 0 Å². The second kappa shape index (κ2) is 3.60. The van der Waals surface area contributed by atoms with Crippen molar-refractivity contribution in [3.05, 3.63) is 11.8 Å². The molecule has 0 aromatic heterocycles. The molecule has 3 N–H and O–H groups in total. The van der Waals surface area contributed by atoms with E-state index in [4.69, 9.17) is 10.8 Å². The van der Waals surface area contributed by atoms with Crippen molar-refractivity contribution in [2.24, 2.45) is 5.73 Å². The average Bonchev–Trinajstić information content (AvgIpc) is 2.25. The maximum absolute atomic E-state index is 11.3. The maximum atomic E-state index is 11.3. The first-order valence-electron chi connectivity index (χ1n) is 4.62. The quantitative estimate of drug-likeness (QED) is 0.612. The van der Waals surface area contributed by atoms with Gasteiger partial charge in [-0.2, -0.15) is 0 Å². The number of aliphatic carboxylic acids is 1. The second-order valence-corrected chi connectivity index (χ2v) is 4.88. The highest BCUT2D eigenvalue weighted by Crippen LogP contribution is 2.39. The number of rotatable bonds is 2. The summed E-state index contributed by atoms with van der Waals surface area (Å²) in [6.45, 7) is 1.28. The van der Waals surface area contributed by atoms with Gasteiger partial charge in [0.25, 0.3) is 0 Å². The van der Waals surface area contributed by atoms with Crippen LogP contribution in [-0.2, 0) is 14.4 Å². The highest BCUT2D eigenvalue weighted by atomic mass is 32.2. The van der Waals surface area contributed by atoms with Gasteiger partial charge in [-0.15, -0.1) is 11.8 Å². The molecule has 1 saturated heterocycles. The molecule has 0 aliphatic carbocycles. The van der Waals surface area contributed by atoms with Gasteiger partial charge in [0.1, 0.15) is 16.7 Å². The normalized spacial score (nSPS) is 32.6. The van der Waals surface area contributed by atoms with Gasteiger partial charge in [-0.05, 0) is 6.92 Å². The number of fused-ring (bicyclic) bond motifs is 1. The van der Waals surface area contributed by atoms with Crippen LogP contribution in [0.3, 0.4) is 0 Å². The first kappa shape index (κ1) is 11.2. The molecule has 0 saturated carbocycles. The van der Waals surface area contributed by atoms with Crippen LogP contribution in [0.5, 0.6) is 0 Å². The number of ketones is 1.